The summed E-state index contributed by atoms with van der Waals surface area (Å²) in [7, 11) is 0. The molecule has 148 valence electrons. The third-order valence-corrected chi connectivity index (χ3v) is 6.59. The van der Waals surface area contributed by atoms with E-state index in [9.17, 15) is 5.11 Å². The highest BCUT2D eigenvalue weighted by molar-refractivity contribution is 6.31. The highest BCUT2D eigenvalue weighted by Gasteiger charge is 2.45. The van der Waals surface area contributed by atoms with Crippen molar-refractivity contribution in [2.45, 2.75) is 5.60 Å². The average molecular weight is 419 g/mol. The van der Waals surface area contributed by atoms with Crippen LogP contribution in [0, 0.1) is 0 Å². The molecule has 31 heavy (non-hydrogen) atoms. The van der Waals surface area contributed by atoms with Gasteiger partial charge in [0.15, 0.2) is 0 Å². The van der Waals surface area contributed by atoms with Gasteiger partial charge in [0.25, 0.3) is 0 Å². The van der Waals surface area contributed by atoms with E-state index in [2.05, 4.69) is 36.4 Å². The highest BCUT2D eigenvalue weighted by atomic mass is 35.5. The van der Waals surface area contributed by atoms with Crippen molar-refractivity contribution in [2.75, 3.05) is 0 Å². The van der Waals surface area contributed by atoms with Gasteiger partial charge in [0, 0.05) is 21.7 Å². The molecule has 5 aromatic rings. The summed E-state index contributed by atoms with van der Waals surface area (Å²) in [5.41, 5.74) is 5.69. The van der Waals surface area contributed by atoms with Crippen LogP contribution in [0.5, 0.6) is 0 Å². The van der Waals surface area contributed by atoms with Gasteiger partial charge in [-0.15, -0.1) is 0 Å². The first kappa shape index (κ1) is 18.4. The lowest BCUT2D eigenvalue weighted by atomic mass is 9.79. The molecular weight excluding hydrogens is 400 g/mol. The Bertz CT molecular complexity index is 1450. The molecule has 0 spiro atoms. The Morgan fingerprint density at radius 3 is 2.00 bits per heavy atom. The summed E-state index contributed by atoms with van der Waals surface area (Å²) >= 11 is 6.29. The summed E-state index contributed by atoms with van der Waals surface area (Å²) in [6.45, 7) is 0. The first-order chi connectivity index (χ1) is 15.2. The average Bonchev–Trinajstić information content (AvgIpc) is 3.09. The minimum absolute atomic E-state index is 0.691. The van der Waals surface area contributed by atoms with Crippen molar-refractivity contribution in [2.24, 2.45) is 0 Å². The summed E-state index contributed by atoms with van der Waals surface area (Å²) < 4.78 is 0. The second-order valence-corrected chi connectivity index (χ2v) is 8.46. The third-order valence-electron chi connectivity index (χ3n) is 6.35. The molecule has 0 heterocycles. The van der Waals surface area contributed by atoms with Gasteiger partial charge in [-0.1, -0.05) is 109 Å². The molecule has 0 amide bonds. The van der Waals surface area contributed by atoms with Gasteiger partial charge in [-0.2, -0.15) is 0 Å². The third kappa shape index (κ3) is 2.61. The number of benzene rings is 5. The van der Waals surface area contributed by atoms with Crippen LogP contribution in [0.4, 0.5) is 0 Å². The normalized spacial score (nSPS) is 16.8. The Morgan fingerprint density at radius 1 is 0.581 bits per heavy atom. The minimum Gasteiger partial charge on any atom is -0.376 e. The van der Waals surface area contributed by atoms with Crippen LogP contribution < -0.4 is 0 Å². The SMILES string of the molecule is OC1(c2ccccc2-c2ccccc2)c2ccccc2-c2ccc3cc(Cl)ccc3c21. The number of aliphatic hydroxyl groups is 1. The van der Waals surface area contributed by atoms with Gasteiger partial charge in [-0.3, -0.25) is 0 Å². The molecule has 1 aliphatic carbocycles. The Hall–Kier alpha value is -3.39. The van der Waals surface area contributed by atoms with E-state index < -0.39 is 5.60 Å². The van der Waals surface area contributed by atoms with Crippen molar-refractivity contribution in [3.63, 3.8) is 0 Å². The maximum Gasteiger partial charge on any atom is 0.142 e. The number of hydrogen-bond donors (Lipinski definition) is 1. The van der Waals surface area contributed by atoms with E-state index in [0.29, 0.717) is 5.02 Å². The van der Waals surface area contributed by atoms with Crippen molar-refractivity contribution in [1.82, 2.24) is 0 Å². The molecule has 0 radical (unpaired) electrons. The summed E-state index contributed by atoms with van der Waals surface area (Å²) in [6, 6.07) is 36.7. The summed E-state index contributed by atoms with van der Waals surface area (Å²) in [6.07, 6.45) is 0. The Morgan fingerprint density at radius 2 is 1.23 bits per heavy atom. The fourth-order valence-electron chi connectivity index (χ4n) is 5.03. The van der Waals surface area contributed by atoms with Crippen molar-refractivity contribution >= 4 is 22.4 Å². The lowest BCUT2D eigenvalue weighted by Gasteiger charge is -2.30. The van der Waals surface area contributed by atoms with Crippen LogP contribution in [-0.4, -0.2) is 5.11 Å². The molecule has 0 saturated carbocycles. The van der Waals surface area contributed by atoms with Gasteiger partial charge < -0.3 is 5.11 Å². The quantitative estimate of drug-likeness (QED) is 0.316. The van der Waals surface area contributed by atoms with E-state index in [1.165, 1.54) is 0 Å². The molecular formula is C29H19ClO. The van der Waals surface area contributed by atoms with Crippen LogP contribution in [0.3, 0.4) is 0 Å². The Kier molecular flexibility index (Phi) is 4.04. The molecule has 2 heteroatoms. The Labute approximate surface area is 186 Å². The van der Waals surface area contributed by atoms with Crippen molar-refractivity contribution < 1.29 is 5.11 Å². The molecule has 1 atom stereocenters. The van der Waals surface area contributed by atoms with Gasteiger partial charge >= 0.3 is 0 Å². The Balaban J connectivity index is 1.75. The first-order valence-corrected chi connectivity index (χ1v) is 10.8. The maximum atomic E-state index is 12.6. The second kappa shape index (κ2) is 6.81. The van der Waals surface area contributed by atoms with Gasteiger partial charge in [-0.05, 0) is 45.2 Å². The zero-order chi connectivity index (χ0) is 21.0. The van der Waals surface area contributed by atoms with Crippen molar-refractivity contribution in [1.29, 1.82) is 0 Å². The summed E-state index contributed by atoms with van der Waals surface area (Å²) in [5.74, 6) is 0. The van der Waals surface area contributed by atoms with Crippen LogP contribution in [0.2, 0.25) is 5.02 Å². The fraction of sp³-hybridized carbons (Fsp3) is 0.0345. The van der Waals surface area contributed by atoms with Gasteiger partial charge in [0.05, 0.1) is 0 Å². The molecule has 1 unspecified atom stereocenters. The lowest BCUT2D eigenvalue weighted by molar-refractivity contribution is 0.133. The molecule has 1 nitrogen and oxygen atoms in total. The second-order valence-electron chi connectivity index (χ2n) is 8.02. The predicted molar refractivity (Wildman–Crippen MR) is 128 cm³/mol. The van der Waals surface area contributed by atoms with Crippen molar-refractivity contribution in [3.05, 3.63) is 131 Å². The zero-order valence-electron chi connectivity index (χ0n) is 16.7. The smallest absolute Gasteiger partial charge is 0.142 e. The van der Waals surface area contributed by atoms with Gasteiger partial charge in [0.1, 0.15) is 5.60 Å². The van der Waals surface area contributed by atoms with E-state index >= 15 is 0 Å². The number of hydrogen-bond acceptors (Lipinski definition) is 1. The van der Waals surface area contributed by atoms with Crippen LogP contribution in [0.25, 0.3) is 33.0 Å². The maximum absolute atomic E-state index is 12.6. The number of fused-ring (bicyclic) bond motifs is 5. The fourth-order valence-corrected chi connectivity index (χ4v) is 5.21. The highest BCUT2D eigenvalue weighted by Crippen LogP contribution is 2.54. The predicted octanol–water partition coefficient (Wildman–Crippen LogP) is 7.42. The largest absolute Gasteiger partial charge is 0.376 e. The molecule has 0 aliphatic heterocycles. The van der Waals surface area contributed by atoms with E-state index in [-0.39, 0.29) is 0 Å². The minimum atomic E-state index is -1.27. The molecule has 1 aliphatic rings. The molecule has 5 aromatic carbocycles. The standard InChI is InChI=1S/C29H19ClO/c30-21-15-17-23-20(18-21)14-16-25-24-11-5-7-13-27(24)29(31,28(23)25)26-12-6-4-10-22(26)19-8-2-1-3-9-19/h1-18,31H. The summed E-state index contributed by atoms with van der Waals surface area (Å²) in [5, 5.41) is 15.4. The lowest BCUT2D eigenvalue weighted by Crippen LogP contribution is -2.27. The molecule has 1 N–H and O–H groups in total. The molecule has 0 aromatic heterocycles. The zero-order valence-corrected chi connectivity index (χ0v) is 17.5. The molecule has 6 rings (SSSR count). The first-order valence-electron chi connectivity index (χ1n) is 10.4. The topological polar surface area (TPSA) is 20.2 Å². The van der Waals surface area contributed by atoms with Gasteiger partial charge in [0.2, 0.25) is 0 Å². The van der Waals surface area contributed by atoms with E-state index in [1.54, 1.807) is 0 Å². The van der Waals surface area contributed by atoms with Crippen LogP contribution in [-0.2, 0) is 5.60 Å². The monoisotopic (exact) mass is 418 g/mol. The van der Waals surface area contributed by atoms with Crippen LogP contribution >= 0.6 is 11.6 Å². The van der Waals surface area contributed by atoms with Crippen LogP contribution in [0.15, 0.2) is 109 Å². The number of halogens is 1. The number of rotatable bonds is 2. The molecule has 0 bridgehead atoms. The summed E-state index contributed by atoms with van der Waals surface area (Å²) in [4.78, 5) is 0. The van der Waals surface area contributed by atoms with Crippen molar-refractivity contribution in [3.8, 4) is 22.3 Å². The van der Waals surface area contributed by atoms with Gasteiger partial charge in [-0.25, -0.2) is 0 Å². The van der Waals surface area contributed by atoms with E-state index in [4.69, 9.17) is 11.6 Å². The van der Waals surface area contributed by atoms with E-state index in [1.807, 2.05) is 72.8 Å². The van der Waals surface area contributed by atoms with Crippen LogP contribution in [0.1, 0.15) is 16.7 Å². The molecule has 0 fully saturated rings. The van der Waals surface area contributed by atoms with E-state index in [0.717, 1.165) is 49.7 Å². The molecule has 0 saturated heterocycles.